The third-order valence-electron chi connectivity index (χ3n) is 5.62. The van der Waals surface area contributed by atoms with Gasteiger partial charge in [-0.25, -0.2) is 0 Å². The number of hydrogen-bond acceptors (Lipinski definition) is 6. The zero-order chi connectivity index (χ0) is 22.8. The number of nitrogens with one attached hydrogen (secondary N) is 1. The van der Waals surface area contributed by atoms with Crippen LogP contribution in [0.2, 0.25) is 0 Å². The van der Waals surface area contributed by atoms with Gasteiger partial charge in [-0.15, -0.1) is 11.3 Å². The Morgan fingerprint density at radius 1 is 1.22 bits per heavy atom. The molecule has 2 fully saturated rings. The molecule has 2 aliphatic heterocycles. The van der Waals surface area contributed by atoms with Crippen molar-refractivity contribution in [2.75, 3.05) is 43.2 Å². The van der Waals surface area contributed by atoms with E-state index in [1.54, 1.807) is 15.9 Å². The number of halogens is 1. The summed E-state index contributed by atoms with van der Waals surface area (Å²) < 4.78 is 11.7. The van der Waals surface area contributed by atoms with Gasteiger partial charge in [0.1, 0.15) is 0 Å². The molecule has 1 aromatic heterocycles. The van der Waals surface area contributed by atoms with Crippen LogP contribution < -0.4 is 15.1 Å². The molecule has 0 spiro atoms. The van der Waals surface area contributed by atoms with Gasteiger partial charge in [0.15, 0.2) is 6.10 Å². The van der Waals surface area contributed by atoms with Gasteiger partial charge in [-0.3, -0.25) is 14.4 Å². The molecule has 1 N–H and O–H groups in total. The minimum absolute atomic E-state index is 0.0260. The number of nitrogens with zero attached hydrogens (tertiary/aromatic N) is 2. The number of methoxy groups -OCH3 is 1. The molecule has 3 amide bonds. The number of hydrogen-bond donors (Lipinski definition) is 1. The molecule has 2 aromatic rings. The molecule has 1 aromatic carbocycles. The predicted octanol–water partition coefficient (Wildman–Crippen LogP) is 2.73. The lowest BCUT2D eigenvalue weighted by molar-refractivity contribution is -0.126. The monoisotopic (exact) mass is 521 g/mol. The van der Waals surface area contributed by atoms with Gasteiger partial charge in [0, 0.05) is 31.6 Å². The Kier molecular flexibility index (Phi) is 6.94. The summed E-state index contributed by atoms with van der Waals surface area (Å²) in [5.41, 5.74) is 2.40. The Morgan fingerprint density at radius 3 is 2.72 bits per heavy atom. The summed E-state index contributed by atoms with van der Waals surface area (Å²) in [7, 11) is 1.47. The molecule has 32 heavy (non-hydrogen) atoms. The smallest absolute Gasteiger partial charge is 0.261 e. The molecule has 8 nitrogen and oxygen atoms in total. The van der Waals surface area contributed by atoms with E-state index in [1.165, 1.54) is 18.4 Å². The van der Waals surface area contributed by atoms with E-state index >= 15 is 0 Å². The molecular formula is C22H24BrN3O5S. The van der Waals surface area contributed by atoms with Crippen LogP contribution in [0.25, 0.3) is 0 Å². The number of amides is 3. The minimum atomic E-state index is -0.772. The average Bonchev–Trinajstić information content (AvgIpc) is 3.26. The number of carbonyl (C=O) groups is 3. The van der Waals surface area contributed by atoms with Gasteiger partial charge in [0.05, 0.1) is 34.3 Å². The second-order valence-electron chi connectivity index (χ2n) is 7.67. The zero-order valence-corrected chi connectivity index (χ0v) is 20.2. The summed E-state index contributed by atoms with van der Waals surface area (Å²) in [6.45, 7) is 3.64. The summed E-state index contributed by atoms with van der Waals surface area (Å²) in [5.74, 6) is -0.426. The van der Waals surface area contributed by atoms with E-state index in [9.17, 15) is 14.4 Å². The molecule has 2 atom stereocenters. The number of ether oxygens (including phenoxy) is 2. The van der Waals surface area contributed by atoms with E-state index < -0.39 is 12.1 Å². The molecule has 2 aliphatic rings. The first-order chi connectivity index (χ1) is 15.4. The van der Waals surface area contributed by atoms with Gasteiger partial charge in [-0.2, -0.15) is 0 Å². The second kappa shape index (κ2) is 9.70. The van der Waals surface area contributed by atoms with Crippen molar-refractivity contribution in [3.63, 3.8) is 0 Å². The van der Waals surface area contributed by atoms with Gasteiger partial charge in [0.2, 0.25) is 5.91 Å². The standard InChI is InChI=1S/C22H24BrN3O5S/c1-13-11-14(3-4-16(13)25-8-10-31-9-7-19(25)27)26-12-15(20(30-2)22(26)29)24-21(28)17-5-6-18(23)32-17/h3-6,11,15,20H,7-10,12H2,1-2H3,(H,24,28)/t15-,20?/m1/s1. The molecule has 10 heteroatoms. The second-order valence-corrected chi connectivity index (χ2v) is 10.1. The van der Waals surface area contributed by atoms with Crippen LogP contribution in [0.1, 0.15) is 21.7 Å². The van der Waals surface area contributed by atoms with Crippen LogP contribution in [0.15, 0.2) is 34.1 Å². The van der Waals surface area contributed by atoms with Crippen molar-refractivity contribution in [3.05, 3.63) is 44.6 Å². The van der Waals surface area contributed by atoms with Crippen LogP contribution in [0.4, 0.5) is 11.4 Å². The van der Waals surface area contributed by atoms with Gasteiger partial charge >= 0.3 is 0 Å². The molecule has 170 valence electrons. The van der Waals surface area contributed by atoms with Crippen molar-refractivity contribution in [1.82, 2.24) is 5.32 Å². The fourth-order valence-corrected chi connectivity index (χ4v) is 5.33. The topological polar surface area (TPSA) is 88.2 Å². The summed E-state index contributed by atoms with van der Waals surface area (Å²) >= 11 is 4.69. The number of carbonyl (C=O) groups excluding carboxylic acids is 3. The summed E-state index contributed by atoms with van der Waals surface area (Å²) in [6, 6.07) is 8.64. The largest absolute Gasteiger partial charge is 0.379 e. The zero-order valence-electron chi connectivity index (χ0n) is 17.8. The Bertz CT molecular complexity index is 1040. The Morgan fingerprint density at radius 2 is 2.03 bits per heavy atom. The van der Waals surface area contributed by atoms with E-state index in [0.717, 1.165) is 15.0 Å². The number of benzene rings is 1. The van der Waals surface area contributed by atoms with Crippen molar-refractivity contribution < 1.29 is 23.9 Å². The average molecular weight is 522 g/mol. The van der Waals surface area contributed by atoms with Crippen molar-refractivity contribution in [2.24, 2.45) is 0 Å². The molecule has 0 radical (unpaired) electrons. The predicted molar refractivity (Wildman–Crippen MR) is 125 cm³/mol. The quantitative estimate of drug-likeness (QED) is 0.653. The number of rotatable bonds is 5. The molecule has 0 bridgehead atoms. The van der Waals surface area contributed by atoms with E-state index in [-0.39, 0.29) is 17.7 Å². The highest BCUT2D eigenvalue weighted by Crippen LogP contribution is 2.30. The number of aryl methyl sites for hydroxylation is 1. The summed E-state index contributed by atoms with van der Waals surface area (Å²) in [5, 5.41) is 2.93. The van der Waals surface area contributed by atoms with E-state index in [0.29, 0.717) is 43.3 Å². The summed E-state index contributed by atoms with van der Waals surface area (Å²) in [4.78, 5) is 42.0. The lowest BCUT2D eigenvalue weighted by atomic mass is 10.1. The third kappa shape index (κ3) is 4.59. The Hall–Kier alpha value is -2.27. The molecule has 4 rings (SSSR count). The van der Waals surface area contributed by atoms with E-state index in [1.807, 2.05) is 31.2 Å². The van der Waals surface area contributed by atoms with Crippen molar-refractivity contribution >= 4 is 56.4 Å². The van der Waals surface area contributed by atoms with Crippen LogP contribution in [0.3, 0.4) is 0 Å². The SMILES string of the molecule is COC1C(=O)N(c2ccc(N3CCOCCC3=O)c(C)c2)C[C@H]1NC(=O)c1ccc(Br)s1. The molecule has 2 saturated heterocycles. The minimum Gasteiger partial charge on any atom is -0.379 e. The Balaban J connectivity index is 1.52. The van der Waals surface area contributed by atoms with Gasteiger partial charge in [-0.05, 0) is 58.7 Å². The lowest BCUT2D eigenvalue weighted by Gasteiger charge is -2.24. The third-order valence-corrected chi connectivity index (χ3v) is 7.25. The van der Waals surface area contributed by atoms with Gasteiger partial charge < -0.3 is 24.6 Å². The maximum absolute atomic E-state index is 13.0. The van der Waals surface area contributed by atoms with Crippen molar-refractivity contribution in [2.45, 2.75) is 25.5 Å². The summed E-state index contributed by atoms with van der Waals surface area (Å²) in [6.07, 6.45) is -0.421. The normalized spacial score (nSPS) is 21.7. The molecule has 0 saturated carbocycles. The highest BCUT2D eigenvalue weighted by molar-refractivity contribution is 9.11. The first-order valence-electron chi connectivity index (χ1n) is 10.3. The fraction of sp³-hybridized carbons (Fsp3) is 0.409. The highest BCUT2D eigenvalue weighted by Gasteiger charge is 2.42. The fourth-order valence-electron chi connectivity index (χ4n) is 4.05. The lowest BCUT2D eigenvalue weighted by Crippen LogP contribution is -2.44. The first-order valence-corrected chi connectivity index (χ1v) is 11.9. The van der Waals surface area contributed by atoms with Gasteiger partial charge in [0.25, 0.3) is 11.8 Å². The maximum Gasteiger partial charge on any atom is 0.261 e. The number of thiophene rings is 1. The first kappa shape index (κ1) is 22.9. The molecular weight excluding hydrogens is 498 g/mol. The van der Waals surface area contributed by atoms with E-state index in [4.69, 9.17) is 9.47 Å². The van der Waals surface area contributed by atoms with E-state index in [2.05, 4.69) is 21.2 Å². The molecule has 0 aliphatic carbocycles. The van der Waals surface area contributed by atoms with Crippen LogP contribution in [-0.4, -0.2) is 63.3 Å². The van der Waals surface area contributed by atoms with Gasteiger partial charge in [-0.1, -0.05) is 0 Å². The van der Waals surface area contributed by atoms with Crippen LogP contribution in [-0.2, 0) is 19.1 Å². The molecule has 3 heterocycles. The molecule has 1 unspecified atom stereocenters. The van der Waals surface area contributed by atoms with Crippen molar-refractivity contribution in [1.29, 1.82) is 0 Å². The van der Waals surface area contributed by atoms with Crippen LogP contribution in [0, 0.1) is 6.92 Å². The van der Waals surface area contributed by atoms with Crippen molar-refractivity contribution in [3.8, 4) is 0 Å². The number of anilines is 2. The maximum atomic E-state index is 13.0. The van der Waals surface area contributed by atoms with Crippen LogP contribution >= 0.6 is 27.3 Å². The Labute approximate surface area is 198 Å². The van der Waals surface area contributed by atoms with Crippen LogP contribution in [0.5, 0.6) is 0 Å². The highest BCUT2D eigenvalue weighted by atomic mass is 79.9.